The molecule has 4 rings (SSSR count). The van der Waals surface area contributed by atoms with Gasteiger partial charge in [-0.3, -0.25) is 4.79 Å². The highest BCUT2D eigenvalue weighted by molar-refractivity contribution is 7.13. The van der Waals surface area contributed by atoms with Crippen molar-refractivity contribution in [3.05, 3.63) is 46.2 Å². The summed E-state index contributed by atoms with van der Waals surface area (Å²) in [4.78, 5) is 16.4. The van der Waals surface area contributed by atoms with Gasteiger partial charge in [-0.05, 0) is 49.4 Å². The number of carbonyl (C=O) groups is 1. The van der Waals surface area contributed by atoms with Crippen LogP contribution in [0.4, 0.5) is 5.13 Å². The van der Waals surface area contributed by atoms with Gasteiger partial charge in [-0.1, -0.05) is 0 Å². The molecule has 22 heavy (non-hydrogen) atoms. The molecular weight excluding hydrogens is 296 g/mol. The van der Waals surface area contributed by atoms with Crippen LogP contribution in [0.5, 0.6) is 0 Å². The van der Waals surface area contributed by atoms with Gasteiger partial charge in [0.05, 0.1) is 18.4 Å². The number of rotatable bonds is 3. The zero-order chi connectivity index (χ0) is 15.1. The molecule has 1 aliphatic rings. The van der Waals surface area contributed by atoms with Crippen LogP contribution >= 0.6 is 11.3 Å². The second kappa shape index (κ2) is 5.25. The number of aromatic nitrogens is 1. The summed E-state index contributed by atoms with van der Waals surface area (Å²) < 4.78 is 5.64. The van der Waals surface area contributed by atoms with Crippen LogP contribution in [0.15, 0.2) is 28.2 Å². The second-order valence-electron chi connectivity index (χ2n) is 5.75. The molecule has 5 heteroatoms. The Kier molecular flexibility index (Phi) is 3.22. The maximum absolute atomic E-state index is 12.2. The summed E-state index contributed by atoms with van der Waals surface area (Å²) in [5, 5.41) is 6.48. The van der Waals surface area contributed by atoms with E-state index in [0.717, 1.165) is 35.1 Å². The largest absolute Gasteiger partial charge is 0.464 e. The number of thiazole rings is 1. The SMILES string of the molecule is Cc1csc(NC(=O)Cc2coc3cc4c(cc23)CCC4)n1. The molecule has 0 saturated carbocycles. The summed E-state index contributed by atoms with van der Waals surface area (Å²) in [7, 11) is 0. The van der Waals surface area contributed by atoms with Gasteiger partial charge in [0, 0.05) is 16.3 Å². The lowest BCUT2D eigenvalue weighted by Crippen LogP contribution is -2.14. The minimum Gasteiger partial charge on any atom is -0.464 e. The second-order valence-corrected chi connectivity index (χ2v) is 6.61. The summed E-state index contributed by atoms with van der Waals surface area (Å²) in [5.41, 5.74) is 5.52. The summed E-state index contributed by atoms with van der Waals surface area (Å²) in [6.45, 7) is 1.91. The highest BCUT2D eigenvalue weighted by atomic mass is 32.1. The molecule has 0 spiro atoms. The first-order valence-electron chi connectivity index (χ1n) is 7.43. The molecule has 1 N–H and O–H groups in total. The topological polar surface area (TPSA) is 55.1 Å². The molecule has 3 aromatic rings. The number of anilines is 1. The minimum atomic E-state index is -0.0578. The first-order chi connectivity index (χ1) is 10.7. The zero-order valence-corrected chi connectivity index (χ0v) is 13.1. The van der Waals surface area contributed by atoms with Crippen molar-refractivity contribution < 1.29 is 9.21 Å². The predicted molar refractivity (Wildman–Crippen MR) is 87.4 cm³/mol. The van der Waals surface area contributed by atoms with Gasteiger partial charge < -0.3 is 9.73 Å². The van der Waals surface area contributed by atoms with Crippen LogP contribution in [0.3, 0.4) is 0 Å². The first kappa shape index (κ1) is 13.5. The van der Waals surface area contributed by atoms with Crippen LogP contribution in [0.2, 0.25) is 0 Å². The van der Waals surface area contributed by atoms with E-state index in [2.05, 4.69) is 22.4 Å². The smallest absolute Gasteiger partial charge is 0.230 e. The van der Waals surface area contributed by atoms with Crippen molar-refractivity contribution in [2.75, 3.05) is 5.32 Å². The van der Waals surface area contributed by atoms with Crippen LogP contribution in [0, 0.1) is 6.92 Å². The third kappa shape index (κ3) is 2.41. The van der Waals surface area contributed by atoms with Gasteiger partial charge in [-0.2, -0.15) is 0 Å². The van der Waals surface area contributed by atoms with Gasteiger partial charge in [-0.25, -0.2) is 4.98 Å². The Hall–Kier alpha value is -2.14. The fourth-order valence-electron chi connectivity index (χ4n) is 3.03. The Balaban J connectivity index is 1.57. The van der Waals surface area contributed by atoms with Crippen LogP contribution in [-0.2, 0) is 24.1 Å². The Labute approximate surface area is 132 Å². The maximum atomic E-state index is 12.2. The Morgan fingerprint density at radius 2 is 2.18 bits per heavy atom. The molecule has 0 unspecified atom stereocenters. The van der Waals surface area contributed by atoms with E-state index in [0.29, 0.717) is 11.6 Å². The van der Waals surface area contributed by atoms with Crippen molar-refractivity contribution in [2.24, 2.45) is 0 Å². The number of fused-ring (bicyclic) bond motifs is 2. The number of benzene rings is 1. The average molecular weight is 312 g/mol. The van der Waals surface area contributed by atoms with E-state index in [-0.39, 0.29) is 5.91 Å². The maximum Gasteiger partial charge on any atom is 0.230 e. The van der Waals surface area contributed by atoms with Gasteiger partial charge in [0.1, 0.15) is 5.58 Å². The molecule has 0 atom stereocenters. The number of nitrogens with zero attached hydrogens (tertiary/aromatic N) is 1. The molecule has 1 amide bonds. The third-order valence-electron chi connectivity index (χ3n) is 4.08. The number of carbonyl (C=O) groups excluding carboxylic acids is 1. The van der Waals surface area contributed by atoms with Crippen LogP contribution < -0.4 is 5.32 Å². The standard InChI is InChI=1S/C17H16N2O2S/c1-10-9-22-17(18-10)19-16(20)7-13-8-21-15-6-12-4-2-3-11(12)5-14(13)15/h5-6,8-9H,2-4,7H2,1H3,(H,18,19,20). The number of amides is 1. The molecule has 2 aromatic heterocycles. The third-order valence-corrected chi connectivity index (χ3v) is 4.96. The Morgan fingerprint density at radius 3 is 2.95 bits per heavy atom. The van der Waals surface area contributed by atoms with E-state index in [1.165, 1.54) is 28.9 Å². The van der Waals surface area contributed by atoms with Crippen molar-refractivity contribution in [2.45, 2.75) is 32.6 Å². The number of hydrogen-bond acceptors (Lipinski definition) is 4. The van der Waals surface area contributed by atoms with E-state index in [4.69, 9.17) is 4.42 Å². The highest BCUT2D eigenvalue weighted by Gasteiger charge is 2.17. The molecule has 0 bridgehead atoms. The minimum absolute atomic E-state index is 0.0578. The van der Waals surface area contributed by atoms with Gasteiger partial charge in [0.15, 0.2) is 5.13 Å². The van der Waals surface area contributed by atoms with E-state index in [9.17, 15) is 4.79 Å². The molecule has 0 aliphatic heterocycles. The van der Waals surface area contributed by atoms with Gasteiger partial charge in [-0.15, -0.1) is 11.3 Å². The van der Waals surface area contributed by atoms with E-state index in [1.54, 1.807) is 6.26 Å². The van der Waals surface area contributed by atoms with Crippen LogP contribution in [0.25, 0.3) is 11.0 Å². The predicted octanol–water partition coefficient (Wildman–Crippen LogP) is 3.87. The first-order valence-corrected chi connectivity index (χ1v) is 8.31. The van der Waals surface area contributed by atoms with Crippen LogP contribution in [0.1, 0.15) is 28.8 Å². The van der Waals surface area contributed by atoms with Gasteiger partial charge >= 0.3 is 0 Å². The number of aryl methyl sites for hydroxylation is 3. The molecule has 0 radical (unpaired) electrons. The number of nitrogens with one attached hydrogen (secondary N) is 1. The molecule has 112 valence electrons. The quantitative estimate of drug-likeness (QED) is 0.799. The molecule has 4 nitrogen and oxygen atoms in total. The summed E-state index contributed by atoms with van der Waals surface area (Å²) in [6, 6.07) is 4.32. The summed E-state index contributed by atoms with van der Waals surface area (Å²) in [5.74, 6) is -0.0578. The fourth-order valence-corrected chi connectivity index (χ4v) is 3.74. The lowest BCUT2D eigenvalue weighted by Gasteiger charge is -2.02. The molecule has 1 aromatic carbocycles. The normalized spacial score (nSPS) is 13.5. The van der Waals surface area contributed by atoms with Gasteiger partial charge in [0.25, 0.3) is 0 Å². The van der Waals surface area contributed by atoms with Crippen molar-refractivity contribution in [3.8, 4) is 0 Å². The van der Waals surface area contributed by atoms with Crippen molar-refractivity contribution >= 4 is 33.3 Å². The Morgan fingerprint density at radius 1 is 1.36 bits per heavy atom. The molecule has 1 aliphatic carbocycles. The number of furan rings is 1. The fraction of sp³-hybridized carbons (Fsp3) is 0.294. The monoisotopic (exact) mass is 312 g/mol. The molecule has 2 heterocycles. The van der Waals surface area contributed by atoms with Crippen molar-refractivity contribution in [1.82, 2.24) is 4.98 Å². The lowest BCUT2D eigenvalue weighted by molar-refractivity contribution is -0.115. The highest BCUT2D eigenvalue weighted by Crippen LogP contribution is 2.30. The number of hydrogen-bond donors (Lipinski definition) is 1. The average Bonchev–Trinajstić information content (AvgIpc) is 3.18. The van der Waals surface area contributed by atoms with Gasteiger partial charge in [0.2, 0.25) is 5.91 Å². The van der Waals surface area contributed by atoms with Crippen LogP contribution in [-0.4, -0.2) is 10.9 Å². The lowest BCUT2D eigenvalue weighted by atomic mass is 10.0. The van der Waals surface area contributed by atoms with E-state index < -0.39 is 0 Å². The molecular formula is C17H16N2O2S. The zero-order valence-electron chi connectivity index (χ0n) is 12.3. The summed E-state index contributed by atoms with van der Waals surface area (Å²) >= 11 is 1.44. The van der Waals surface area contributed by atoms with Crippen molar-refractivity contribution in [1.29, 1.82) is 0 Å². The molecule has 0 saturated heterocycles. The molecule has 0 fully saturated rings. The van der Waals surface area contributed by atoms with E-state index >= 15 is 0 Å². The Bertz CT molecular complexity index is 863. The van der Waals surface area contributed by atoms with Crippen molar-refractivity contribution in [3.63, 3.8) is 0 Å². The summed E-state index contributed by atoms with van der Waals surface area (Å²) in [6.07, 6.45) is 5.48. The van der Waals surface area contributed by atoms with E-state index in [1.807, 2.05) is 12.3 Å².